The van der Waals surface area contributed by atoms with E-state index in [1.165, 1.54) is 0 Å². The number of hydrogen-bond acceptors (Lipinski definition) is 2. The first-order chi connectivity index (χ1) is 5.84. The molecule has 0 saturated carbocycles. The molecule has 0 aromatic carbocycles. The fourth-order valence-electron chi connectivity index (χ4n) is 1.16. The number of rotatable bonds is 5. The number of hydrogen-bond donors (Lipinski definition) is 3. The lowest BCUT2D eigenvalue weighted by Gasteiger charge is -2.06. The number of nitrogens with one attached hydrogen (secondary N) is 1. The zero-order chi connectivity index (χ0) is 8.81. The van der Waals surface area contributed by atoms with E-state index in [1.807, 2.05) is 6.07 Å². The van der Waals surface area contributed by atoms with E-state index in [0.29, 0.717) is 0 Å². The Balaban J connectivity index is 2.25. The van der Waals surface area contributed by atoms with Gasteiger partial charge >= 0.3 is 0 Å². The molecule has 1 aromatic heterocycles. The number of aromatic amines is 1. The molecule has 0 aliphatic carbocycles. The van der Waals surface area contributed by atoms with Gasteiger partial charge in [0.1, 0.15) is 0 Å². The van der Waals surface area contributed by atoms with Crippen molar-refractivity contribution in [3.63, 3.8) is 0 Å². The van der Waals surface area contributed by atoms with Crippen LogP contribution in [0, 0.1) is 0 Å². The SMILES string of the molecule is OCCCCC(O)c1cc[nH]c1. The highest BCUT2D eigenvalue weighted by Crippen LogP contribution is 2.17. The summed E-state index contributed by atoms with van der Waals surface area (Å²) in [5.41, 5.74) is 0.924. The molecule has 0 aliphatic rings. The van der Waals surface area contributed by atoms with Crippen LogP contribution in [0.15, 0.2) is 18.5 Å². The van der Waals surface area contributed by atoms with Crippen LogP contribution in [0.5, 0.6) is 0 Å². The lowest BCUT2D eigenvalue weighted by Crippen LogP contribution is -1.96. The van der Waals surface area contributed by atoms with E-state index < -0.39 is 0 Å². The minimum atomic E-state index is -0.386. The molecule has 0 radical (unpaired) electrons. The number of aromatic nitrogens is 1. The third-order valence-electron chi connectivity index (χ3n) is 1.89. The maximum absolute atomic E-state index is 9.53. The lowest BCUT2D eigenvalue weighted by atomic mass is 10.1. The third-order valence-corrected chi connectivity index (χ3v) is 1.89. The first-order valence-corrected chi connectivity index (χ1v) is 4.26. The molecule has 0 amide bonds. The minimum Gasteiger partial charge on any atom is -0.396 e. The van der Waals surface area contributed by atoms with E-state index in [9.17, 15) is 5.11 Å². The summed E-state index contributed by atoms with van der Waals surface area (Å²) in [5, 5.41) is 18.1. The normalized spacial score (nSPS) is 13.2. The predicted molar refractivity (Wildman–Crippen MR) is 46.7 cm³/mol. The van der Waals surface area contributed by atoms with E-state index in [2.05, 4.69) is 4.98 Å². The van der Waals surface area contributed by atoms with Crippen LogP contribution in [0.2, 0.25) is 0 Å². The molecular formula is C9H15NO2. The average molecular weight is 169 g/mol. The van der Waals surface area contributed by atoms with Crippen LogP contribution in [-0.4, -0.2) is 21.8 Å². The van der Waals surface area contributed by atoms with E-state index in [-0.39, 0.29) is 12.7 Å². The molecule has 0 fully saturated rings. The third kappa shape index (κ3) is 2.68. The first kappa shape index (κ1) is 9.29. The van der Waals surface area contributed by atoms with Gasteiger partial charge in [0.05, 0.1) is 6.10 Å². The fourth-order valence-corrected chi connectivity index (χ4v) is 1.16. The van der Waals surface area contributed by atoms with Crippen molar-refractivity contribution in [3.8, 4) is 0 Å². The molecule has 0 spiro atoms. The van der Waals surface area contributed by atoms with Gasteiger partial charge in [-0.25, -0.2) is 0 Å². The lowest BCUT2D eigenvalue weighted by molar-refractivity contribution is 0.159. The van der Waals surface area contributed by atoms with Crippen molar-refractivity contribution in [2.24, 2.45) is 0 Å². The van der Waals surface area contributed by atoms with Crippen LogP contribution < -0.4 is 0 Å². The van der Waals surface area contributed by atoms with Gasteiger partial charge in [0.2, 0.25) is 0 Å². The quantitative estimate of drug-likeness (QED) is 0.580. The molecule has 0 bridgehead atoms. The van der Waals surface area contributed by atoms with E-state index in [1.54, 1.807) is 12.4 Å². The Bertz CT molecular complexity index is 196. The molecule has 3 nitrogen and oxygen atoms in total. The molecule has 1 unspecified atom stereocenters. The van der Waals surface area contributed by atoms with Gasteiger partial charge in [-0.3, -0.25) is 0 Å². The highest BCUT2D eigenvalue weighted by atomic mass is 16.3. The van der Waals surface area contributed by atoms with Crippen LogP contribution in [0.1, 0.15) is 30.9 Å². The first-order valence-electron chi connectivity index (χ1n) is 4.26. The number of H-pyrrole nitrogens is 1. The molecule has 68 valence electrons. The molecule has 1 aromatic rings. The summed E-state index contributed by atoms with van der Waals surface area (Å²) in [6, 6.07) is 1.86. The molecule has 0 saturated heterocycles. The second kappa shape index (κ2) is 4.95. The average Bonchev–Trinajstić information content (AvgIpc) is 2.56. The van der Waals surface area contributed by atoms with Crippen LogP contribution in [-0.2, 0) is 0 Å². The molecule has 3 N–H and O–H groups in total. The predicted octanol–water partition coefficient (Wildman–Crippen LogP) is 1.21. The molecule has 1 atom stereocenters. The van der Waals surface area contributed by atoms with Gasteiger partial charge in [-0.2, -0.15) is 0 Å². The van der Waals surface area contributed by atoms with Crippen LogP contribution in [0.4, 0.5) is 0 Å². The van der Waals surface area contributed by atoms with Crippen molar-refractivity contribution in [3.05, 3.63) is 24.0 Å². The summed E-state index contributed by atoms with van der Waals surface area (Å²) in [5.74, 6) is 0. The van der Waals surface area contributed by atoms with E-state index in [0.717, 1.165) is 24.8 Å². The Hall–Kier alpha value is -0.800. The molecule has 3 heteroatoms. The van der Waals surface area contributed by atoms with Gasteiger partial charge in [-0.1, -0.05) is 0 Å². The van der Waals surface area contributed by atoms with Crippen molar-refractivity contribution >= 4 is 0 Å². The number of aliphatic hydroxyl groups excluding tert-OH is 2. The summed E-state index contributed by atoms with van der Waals surface area (Å²) in [6.07, 6.45) is 5.56. The molecule has 1 heterocycles. The highest BCUT2D eigenvalue weighted by molar-refractivity contribution is 5.11. The fraction of sp³-hybridized carbons (Fsp3) is 0.556. The summed E-state index contributed by atoms with van der Waals surface area (Å²) in [6.45, 7) is 0.208. The maximum atomic E-state index is 9.53. The maximum Gasteiger partial charge on any atom is 0.0804 e. The summed E-state index contributed by atoms with van der Waals surface area (Å²) in [4.78, 5) is 2.89. The summed E-state index contributed by atoms with van der Waals surface area (Å²) >= 11 is 0. The van der Waals surface area contributed by atoms with Crippen molar-refractivity contribution < 1.29 is 10.2 Å². The van der Waals surface area contributed by atoms with Crippen LogP contribution in [0.3, 0.4) is 0 Å². The Labute approximate surface area is 72.1 Å². The highest BCUT2D eigenvalue weighted by Gasteiger charge is 2.06. The van der Waals surface area contributed by atoms with Gasteiger partial charge in [-0.05, 0) is 30.9 Å². The Morgan fingerprint density at radius 3 is 2.83 bits per heavy atom. The van der Waals surface area contributed by atoms with Gasteiger partial charge in [0.25, 0.3) is 0 Å². The number of aliphatic hydroxyl groups is 2. The molecule has 0 aliphatic heterocycles. The molecule has 1 rings (SSSR count). The minimum absolute atomic E-state index is 0.208. The Morgan fingerprint density at radius 2 is 2.25 bits per heavy atom. The Kier molecular flexibility index (Phi) is 3.84. The van der Waals surface area contributed by atoms with Gasteiger partial charge in [-0.15, -0.1) is 0 Å². The van der Waals surface area contributed by atoms with Crippen LogP contribution >= 0.6 is 0 Å². The second-order valence-corrected chi connectivity index (χ2v) is 2.88. The molecule has 12 heavy (non-hydrogen) atoms. The monoisotopic (exact) mass is 169 g/mol. The second-order valence-electron chi connectivity index (χ2n) is 2.88. The van der Waals surface area contributed by atoms with Crippen molar-refractivity contribution in [2.75, 3.05) is 6.61 Å². The van der Waals surface area contributed by atoms with Crippen molar-refractivity contribution in [1.82, 2.24) is 4.98 Å². The zero-order valence-corrected chi connectivity index (χ0v) is 7.03. The van der Waals surface area contributed by atoms with Crippen molar-refractivity contribution in [2.45, 2.75) is 25.4 Å². The smallest absolute Gasteiger partial charge is 0.0804 e. The zero-order valence-electron chi connectivity index (χ0n) is 7.03. The topological polar surface area (TPSA) is 56.2 Å². The van der Waals surface area contributed by atoms with Crippen LogP contribution in [0.25, 0.3) is 0 Å². The van der Waals surface area contributed by atoms with Gasteiger partial charge < -0.3 is 15.2 Å². The summed E-state index contributed by atoms with van der Waals surface area (Å²) in [7, 11) is 0. The Morgan fingerprint density at radius 1 is 1.42 bits per heavy atom. The standard InChI is InChI=1S/C9H15NO2/c11-6-2-1-3-9(12)8-4-5-10-7-8/h4-5,7,9-12H,1-3,6H2. The van der Waals surface area contributed by atoms with E-state index in [4.69, 9.17) is 5.11 Å². The number of unbranched alkanes of at least 4 members (excludes halogenated alkanes) is 1. The van der Waals surface area contributed by atoms with E-state index >= 15 is 0 Å². The summed E-state index contributed by atoms with van der Waals surface area (Å²) < 4.78 is 0. The van der Waals surface area contributed by atoms with Gasteiger partial charge in [0.15, 0.2) is 0 Å². The van der Waals surface area contributed by atoms with Crippen molar-refractivity contribution in [1.29, 1.82) is 0 Å². The van der Waals surface area contributed by atoms with Gasteiger partial charge in [0, 0.05) is 19.0 Å². The molecular weight excluding hydrogens is 154 g/mol. The largest absolute Gasteiger partial charge is 0.396 e.